The molecule has 1 atom stereocenters. The molecule has 0 aromatic carbocycles. The van der Waals surface area contributed by atoms with Crippen molar-refractivity contribution in [2.24, 2.45) is 0 Å². The molecule has 0 bridgehead atoms. The molecule has 1 saturated carbocycles. The highest BCUT2D eigenvalue weighted by molar-refractivity contribution is 5.37. The third kappa shape index (κ3) is 4.32. The summed E-state index contributed by atoms with van der Waals surface area (Å²) < 4.78 is 5.19. The van der Waals surface area contributed by atoms with Crippen molar-refractivity contribution < 1.29 is 4.74 Å². The normalized spacial score (nSPS) is 16.8. The molecule has 1 aromatic rings. The molecule has 4 heteroatoms. The number of pyridine rings is 1. The number of hydrogen-bond donors (Lipinski definition) is 2. The molecule has 0 radical (unpaired) electrons. The Labute approximate surface area is 103 Å². The van der Waals surface area contributed by atoms with Crippen LogP contribution in [0.5, 0.6) is 0 Å². The Bertz CT molecular complexity index is 352. The molecule has 1 fully saturated rings. The summed E-state index contributed by atoms with van der Waals surface area (Å²) in [6.07, 6.45) is 4.69. The van der Waals surface area contributed by atoms with Crippen LogP contribution in [0.4, 0.5) is 5.82 Å². The molecule has 17 heavy (non-hydrogen) atoms. The van der Waals surface area contributed by atoms with E-state index in [-0.39, 0.29) is 6.10 Å². The second-order valence-electron chi connectivity index (χ2n) is 4.63. The predicted octanol–water partition coefficient (Wildman–Crippen LogP) is 1.78. The van der Waals surface area contributed by atoms with Crippen molar-refractivity contribution in [3.05, 3.63) is 23.9 Å². The van der Waals surface area contributed by atoms with E-state index in [4.69, 9.17) is 4.74 Å². The van der Waals surface area contributed by atoms with E-state index >= 15 is 0 Å². The molecule has 2 rings (SSSR count). The zero-order chi connectivity index (χ0) is 12.1. The summed E-state index contributed by atoms with van der Waals surface area (Å²) in [5.41, 5.74) is 1.28. The minimum Gasteiger partial charge on any atom is -0.380 e. The number of ether oxygens (including phenoxy) is 1. The average Bonchev–Trinajstić information content (AvgIpc) is 3.18. The summed E-state index contributed by atoms with van der Waals surface area (Å²) in [6.45, 7) is 3.75. The van der Waals surface area contributed by atoms with Crippen LogP contribution < -0.4 is 10.6 Å². The van der Waals surface area contributed by atoms with Gasteiger partial charge in [-0.2, -0.15) is 0 Å². The Kier molecular flexibility index (Phi) is 4.34. The van der Waals surface area contributed by atoms with E-state index in [1.165, 1.54) is 18.4 Å². The Hall–Kier alpha value is -1.13. The maximum atomic E-state index is 5.19. The lowest BCUT2D eigenvalue weighted by molar-refractivity contribution is 0.128. The molecule has 4 nitrogen and oxygen atoms in total. The fraction of sp³-hybridized carbons (Fsp3) is 0.615. The van der Waals surface area contributed by atoms with Gasteiger partial charge in [0.25, 0.3) is 0 Å². The first kappa shape index (κ1) is 12.3. The van der Waals surface area contributed by atoms with Crippen molar-refractivity contribution in [2.75, 3.05) is 19.0 Å². The van der Waals surface area contributed by atoms with E-state index in [2.05, 4.69) is 27.8 Å². The van der Waals surface area contributed by atoms with Gasteiger partial charge < -0.3 is 15.4 Å². The van der Waals surface area contributed by atoms with Gasteiger partial charge in [0.15, 0.2) is 0 Å². The van der Waals surface area contributed by atoms with Gasteiger partial charge in [-0.1, -0.05) is 0 Å². The molecule has 1 aliphatic rings. The first-order valence-corrected chi connectivity index (χ1v) is 6.23. The number of nitrogens with one attached hydrogen (secondary N) is 2. The predicted molar refractivity (Wildman–Crippen MR) is 69.1 cm³/mol. The highest BCUT2D eigenvalue weighted by Gasteiger charge is 2.19. The Morgan fingerprint density at radius 1 is 1.53 bits per heavy atom. The van der Waals surface area contributed by atoms with Crippen LogP contribution >= 0.6 is 0 Å². The van der Waals surface area contributed by atoms with E-state index in [1.54, 1.807) is 7.11 Å². The minimum absolute atomic E-state index is 0.199. The smallest absolute Gasteiger partial charge is 0.126 e. The van der Waals surface area contributed by atoms with Crippen LogP contribution in [-0.4, -0.2) is 30.8 Å². The minimum atomic E-state index is 0.199. The summed E-state index contributed by atoms with van der Waals surface area (Å²) in [6, 6.07) is 4.89. The fourth-order valence-electron chi connectivity index (χ4n) is 1.56. The largest absolute Gasteiger partial charge is 0.380 e. The topological polar surface area (TPSA) is 46.2 Å². The molecule has 0 aliphatic heterocycles. The Morgan fingerprint density at radius 3 is 3.06 bits per heavy atom. The summed E-state index contributed by atoms with van der Waals surface area (Å²) in [5.74, 6) is 0.920. The zero-order valence-corrected chi connectivity index (χ0v) is 10.6. The van der Waals surface area contributed by atoms with Crippen LogP contribution in [0.15, 0.2) is 18.3 Å². The van der Waals surface area contributed by atoms with Gasteiger partial charge in [-0.15, -0.1) is 0 Å². The lowest BCUT2D eigenvalue weighted by Gasteiger charge is -2.12. The molecule has 0 amide bonds. The van der Waals surface area contributed by atoms with Crippen molar-refractivity contribution in [3.63, 3.8) is 0 Å². The third-order valence-corrected chi connectivity index (χ3v) is 2.97. The number of rotatable bonds is 7. The van der Waals surface area contributed by atoms with Crippen molar-refractivity contribution in [2.45, 2.75) is 38.5 Å². The average molecular weight is 235 g/mol. The summed E-state index contributed by atoms with van der Waals surface area (Å²) in [4.78, 5) is 4.29. The quantitative estimate of drug-likeness (QED) is 0.756. The molecule has 1 aromatic heterocycles. The molecule has 0 spiro atoms. The van der Waals surface area contributed by atoms with Crippen molar-refractivity contribution in [1.82, 2.24) is 10.3 Å². The van der Waals surface area contributed by atoms with Gasteiger partial charge in [-0.05, 0) is 37.5 Å². The van der Waals surface area contributed by atoms with E-state index in [1.807, 2.05) is 13.1 Å². The number of methoxy groups -OCH3 is 1. The summed E-state index contributed by atoms with van der Waals surface area (Å²) >= 11 is 0. The maximum absolute atomic E-state index is 5.19. The molecular formula is C13H21N3O. The molecule has 1 aliphatic carbocycles. The summed E-state index contributed by atoms with van der Waals surface area (Å²) in [5, 5.41) is 6.77. The van der Waals surface area contributed by atoms with Crippen molar-refractivity contribution in [3.8, 4) is 0 Å². The van der Waals surface area contributed by atoms with Crippen LogP contribution in [0, 0.1) is 0 Å². The van der Waals surface area contributed by atoms with Crippen LogP contribution in [-0.2, 0) is 11.3 Å². The van der Waals surface area contributed by atoms with E-state index in [0.29, 0.717) is 0 Å². The SMILES string of the molecule is COC(C)CNc1cc(CNC2CC2)ccn1. The highest BCUT2D eigenvalue weighted by atomic mass is 16.5. The second-order valence-corrected chi connectivity index (χ2v) is 4.63. The van der Waals surface area contributed by atoms with Gasteiger partial charge in [0.2, 0.25) is 0 Å². The van der Waals surface area contributed by atoms with Crippen LogP contribution in [0.25, 0.3) is 0 Å². The molecule has 94 valence electrons. The molecular weight excluding hydrogens is 214 g/mol. The number of aromatic nitrogens is 1. The maximum Gasteiger partial charge on any atom is 0.126 e. The Morgan fingerprint density at radius 2 is 2.35 bits per heavy atom. The van der Waals surface area contributed by atoms with E-state index in [0.717, 1.165) is 24.9 Å². The molecule has 1 heterocycles. The summed E-state index contributed by atoms with van der Waals surface area (Å²) in [7, 11) is 1.72. The number of hydrogen-bond acceptors (Lipinski definition) is 4. The van der Waals surface area contributed by atoms with Gasteiger partial charge in [0.1, 0.15) is 5.82 Å². The van der Waals surface area contributed by atoms with Gasteiger partial charge >= 0.3 is 0 Å². The van der Waals surface area contributed by atoms with Gasteiger partial charge in [-0.3, -0.25) is 0 Å². The fourth-order valence-corrected chi connectivity index (χ4v) is 1.56. The zero-order valence-electron chi connectivity index (χ0n) is 10.6. The van der Waals surface area contributed by atoms with Crippen LogP contribution in [0.1, 0.15) is 25.3 Å². The molecule has 2 N–H and O–H groups in total. The first-order chi connectivity index (χ1) is 8.28. The van der Waals surface area contributed by atoms with E-state index < -0.39 is 0 Å². The van der Waals surface area contributed by atoms with Crippen molar-refractivity contribution >= 4 is 5.82 Å². The van der Waals surface area contributed by atoms with Crippen LogP contribution in [0.3, 0.4) is 0 Å². The standard InChI is InChI=1S/C13H21N3O/c1-10(17-2)8-16-13-7-11(5-6-14-13)9-15-12-3-4-12/h5-7,10,12,15H,3-4,8-9H2,1-2H3,(H,14,16). The van der Waals surface area contributed by atoms with Gasteiger partial charge in [-0.25, -0.2) is 4.98 Å². The third-order valence-electron chi connectivity index (χ3n) is 2.97. The van der Waals surface area contributed by atoms with Crippen molar-refractivity contribution in [1.29, 1.82) is 0 Å². The lowest BCUT2D eigenvalue weighted by Crippen LogP contribution is -2.19. The lowest BCUT2D eigenvalue weighted by atomic mass is 10.2. The first-order valence-electron chi connectivity index (χ1n) is 6.23. The second kappa shape index (κ2) is 5.98. The van der Waals surface area contributed by atoms with Crippen LogP contribution in [0.2, 0.25) is 0 Å². The van der Waals surface area contributed by atoms with Gasteiger partial charge in [0, 0.05) is 32.4 Å². The number of anilines is 1. The molecule has 0 saturated heterocycles. The van der Waals surface area contributed by atoms with Gasteiger partial charge in [0.05, 0.1) is 6.10 Å². The van der Waals surface area contributed by atoms with E-state index in [9.17, 15) is 0 Å². The highest BCUT2D eigenvalue weighted by Crippen LogP contribution is 2.19. The number of nitrogens with zero attached hydrogens (tertiary/aromatic N) is 1. The molecule has 1 unspecified atom stereocenters. The monoisotopic (exact) mass is 235 g/mol. The Balaban J connectivity index is 1.82.